The van der Waals surface area contributed by atoms with E-state index >= 15 is 0 Å². The Hall–Kier alpha value is -3.06. The molecule has 0 radical (unpaired) electrons. The van der Waals surface area contributed by atoms with Gasteiger partial charge < -0.3 is 9.88 Å². The highest BCUT2D eigenvalue weighted by molar-refractivity contribution is 7.71. The molecule has 0 aliphatic carbocycles. The molecule has 0 saturated carbocycles. The van der Waals surface area contributed by atoms with Gasteiger partial charge in [0.25, 0.3) is 11.5 Å². The molecule has 1 amide bonds. The number of benzene rings is 2. The molecule has 0 fully saturated rings. The van der Waals surface area contributed by atoms with E-state index in [1.54, 1.807) is 41.3 Å². The molecule has 0 spiro atoms. The first kappa shape index (κ1) is 19.7. The Morgan fingerprint density at radius 3 is 2.79 bits per heavy atom. The lowest BCUT2D eigenvalue weighted by atomic mass is 10.1. The molecule has 3 rings (SSSR count). The Kier molecular flexibility index (Phi) is 5.84. The van der Waals surface area contributed by atoms with Crippen molar-refractivity contribution in [2.45, 2.75) is 20.0 Å². The summed E-state index contributed by atoms with van der Waals surface area (Å²) in [4.78, 5) is 30.1. The summed E-state index contributed by atoms with van der Waals surface area (Å²) in [7, 11) is 0. The van der Waals surface area contributed by atoms with E-state index in [-0.39, 0.29) is 22.1 Å². The molecule has 0 saturated heterocycles. The molecule has 0 aliphatic heterocycles. The van der Waals surface area contributed by atoms with Crippen LogP contribution >= 0.6 is 12.2 Å². The van der Waals surface area contributed by atoms with Crippen LogP contribution in [0.1, 0.15) is 22.8 Å². The van der Waals surface area contributed by atoms with Crippen molar-refractivity contribution in [3.05, 3.63) is 87.2 Å². The van der Waals surface area contributed by atoms with E-state index in [0.29, 0.717) is 41.7 Å². The van der Waals surface area contributed by atoms with Gasteiger partial charge in [0.05, 0.1) is 10.9 Å². The maximum Gasteiger partial charge on any atom is 0.262 e. The fourth-order valence-corrected chi connectivity index (χ4v) is 3.32. The highest BCUT2D eigenvalue weighted by Gasteiger charge is 2.16. The number of H-pyrrole nitrogens is 1. The van der Waals surface area contributed by atoms with E-state index in [1.807, 2.05) is 6.92 Å². The fourth-order valence-electron chi connectivity index (χ4n) is 3.05. The molecule has 7 heteroatoms. The second-order valence-corrected chi connectivity index (χ2v) is 6.73. The molecule has 2 aromatic carbocycles. The average molecular weight is 397 g/mol. The summed E-state index contributed by atoms with van der Waals surface area (Å²) in [5.74, 6) is -0.543. The number of nitrogens with zero attached hydrogens (tertiary/aromatic N) is 2. The summed E-state index contributed by atoms with van der Waals surface area (Å²) in [5, 5.41) is 0.445. The molecule has 5 nitrogen and oxygen atoms in total. The van der Waals surface area contributed by atoms with Crippen LogP contribution in [0, 0.1) is 10.6 Å². The number of carbonyl (C=O) groups excluding carboxylic acids is 1. The Balaban J connectivity index is 1.96. The predicted octanol–water partition coefficient (Wildman–Crippen LogP) is 4.05. The molecule has 0 aliphatic rings. The standard InChI is InChI=1S/C21H20FN3O2S/c1-3-10-25-20(27)17-9-8-15(12-18(17)23-21(25)28)19(26)24(4-2)13-14-6-5-7-16(22)11-14/h3,5-9,11-12H,1,4,10,13H2,2H3,(H,23,28). The number of aromatic nitrogens is 2. The Bertz CT molecular complexity index is 1170. The molecular formula is C21H20FN3O2S. The normalized spacial score (nSPS) is 10.8. The van der Waals surface area contributed by atoms with Crippen molar-refractivity contribution in [1.82, 2.24) is 14.5 Å². The van der Waals surface area contributed by atoms with E-state index in [9.17, 15) is 14.0 Å². The van der Waals surface area contributed by atoms with Crippen molar-refractivity contribution in [2.75, 3.05) is 6.54 Å². The van der Waals surface area contributed by atoms with Crippen LogP contribution in [0.25, 0.3) is 10.9 Å². The number of hydrogen-bond donors (Lipinski definition) is 1. The minimum atomic E-state index is -0.338. The molecule has 3 aromatic rings. The third kappa shape index (κ3) is 3.94. The van der Waals surface area contributed by atoms with Crippen LogP contribution in [0.15, 0.2) is 59.9 Å². The summed E-state index contributed by atoms with van der Waals surface area (Å²) < 4.78 is 15.1. The second kappa shape index (κ2) is 8.31. The van der Waals surface area contributed by atoms with Gasteiger partial charge in [-0.3, -0.25) is 14.2 Å². The molecule has 1 N–H and O–H groups in total. The first-order chi connectivity index (χ1) is 13.4. The predicted molar refractivity (Wildman–Crippen MR) is 110 cm³/mol. The summed E-state index contributed by atoms with van der Waals surface area (Å²) in [5.41, 5.74) is 1.41. The van der Waals surface area contributed by atoms with Gasteiger partial charge in [0.15, 0.2) is 4.77 Å². The Labute approximate surface area is 166 Å². The largest absolute Gasteiger partial charge is 0.335 e. The third-order valence-electron chi connectivity index (χ3n) is 4.47. The first-order valence-corrected chi connectivity index (χ1v) is 9.27. The van der Waals surface area contributed by atoms with Crippen LogP contribution < -0.4 is 5.56 Å². The van der Waals surface area contributed by atoms with Gasteiger partial charge in [-0.05, 0) is 55.0 Å². The number of allylic oxidation sites excluding steroid dienone is 1. The highest BCUT2D eigenvalue weighted by Crippen LogP contribution is 2.15. The van der Waals surface area contributed by atoms with Gasteiger partial charge in [0, 0.05) is 25.2 Å². The number of halogens is 1. The quantitative estimate of drug-likeness (QED) is 0.504. The molecule has 1 heterocycles. The van der Waals surface area contributed by atoms with E-state index in [2.05, 4.69) is 11.6 Å². The van der Waals surface area contributed by atoms with Gasteiger partial charge >= 0.3 is 0 Å². The minimum absolute atomic E-state index is 0.205. The van der Waals surface area contributed by atoms with E-state index in [0.717, 1.165) is 0 Å². The maximum atomic E-state index is 13.4. The molecule has 28 heavy (non-hydrogen) atoms. The zero-order chi connectivity index (χ0) is 20.3. The third-order valence-corrected chi connectivity index (χ3v) is 4.79. The first-order valence-electron chi connectivity index (χ1n) is 8.86. The molecular weight excluding hydrogens is 377 g/mol. The number of carbonyl (C=O) groups is 1. The van der Waals surface area contributed by atoms with Gasteiger partial charge in [-0.15, -0.1) is 6.58 Å². The number of rotatable bonds is 6. The lowest BCUT2D eigenvalue weighted by Crippen LogP contribution is -2.30. The van der Waals surface area contributed by atoms with Gasteiger partial charge in [-0.25, -0.2) is 4.39 Å². The number of amides is 1. The Morgan fingerprint density at radius 2 is 2.11 bits per heavy atom. The second-order valence-electron chi connectivity index (χ2n) is 6.34. The van der Waals surface area contributed by atoms with Crippen molar-refractivity contribution < 1.29 is 9.18 Å². The average Bonchev–Trinajstić information content (AvgIpc) is 2.68. The highest BCUT2D eigenvalue weighted by atomic mass is 32.1. The van der Waals surface area contributed by atoms with Crippen LogP contribution in [0.5, 0.6) is 0 Å². The topological polar surface area (TPSA) is 58.1 Å². The van der Waals surface area contributed by atoms with E-state index in [4.69, 9.17) is 12.2 Å². The van der Waals surface area contributed by atoms with Crippen LogP contribution in [0.4, 0.5) is 4.39 Å². The lowest BCUT2D eigenvalue weighted by molar-refractivity contribution is 0.0752. The van der Waals surface area contributed by atoms with Gasteiger partial charge in [0.1, 0.15) is 5.82 Å². The lowest BCUT2D eigenvalue weighted by Gasteiger charge is -2.21. The summed E-state index contributed by atoms with van der Waals surface area (Å²) >= 11 is 5.24. The van der Waals surface area contributed by atoms with Gasteiger partial charge in [-0.2, -0.15) is 0 Å². The van der Waals surface area contributed by atoms with Crippen molar-refractivity contribution in [2.24, 2.45) is 0 Å². The SMILES string of the molecule is C=CCn1c(=S)[nH]c2cc(C(=O)N(CC)Cc3cccc(F)c3)ccc2c1=O. The zero-order valence-electron chi connectivity index (χ0n) is 15.4. The molecule has 0 bridgehead atoms. The van der Waals surface area contributed by atoms with Gasteiger partial charge in [-0.1, -0.05) is 18.2 Å². The summed E-state index contributed by atoms with van der Waals surface area (Å²) in [6, 6.07) is 11.0. The minimum Gasteiger partial charge on any atom is -0.335 e. The van der Waals surface area contributed by atoms with Crippen molar-refractivity contribution in [3.8, 4) is 0 Å². The number of fused-ring (bicyclic) bond motifs is 1. The molecule has 0 unspecified atom stereocenters. The van der Waals surface area contributed by atoms with Crippen molar-refractivity contribution >= 4 is 29.0 Å². The molecule has 144 valence electrons. The van der Waals surface area contributed by atoms with E-state index in [1.165, 1.54) is 16.7 Å². The number of hydrogen-bond acceptors (Lipinski definition) is 3. The molecule has 0 atom stereocenters. The summed E-state index contributed by atoms with van der Waals surface area (Å²) in [6.45, 7) is 6.56. The van der Waals surface area contributed by atoms with Gasteiger partial charge in [0.2, 0.25) is 0 Å². The number of aromatic amines is 1. The number of nitrogens with one attached hydrogen (secondary N) is 1. The van der Waals surface area contributed by atoms with Crippen molar-refractivity contribution in [3.63, 3.8) is 0 Å². The smallest absolute Gasteiger partial charge is 0.262 e. The fraction of sp³-hybridized carbons (Fsp3) is 0.190. The Morgan fingerprint density at radius 1 is 1.32 bits per heavy atom. The monoisotopic (exact) mass is 397 g/mol. The maximum absolute atomic E-state index is 13.4. The molecule has 1 aromatic heterocycles. The van der Waals surface area contributed by atoms with Crippen LogP contribution in [0.3, 0.4) is 0 Å². The van der Waals surface area contributed by atoms with E-state index < -0.39 is 0 Å². The van der Waals surface area contributed by atoms with Crippen molar-refractivity contribution in [1.29, 1.82) is 0 Å². The van der Waals surface area contributed by atoms with Crippen LogP contribution in [-0.2, 0) is 13.1 Å². The van der Waals surface area contributed by atoms with Crippen LogP contribution in [-0.4, -0.2) is 26.9 Å². The van der Waals surface area contributed by atoms with Crippen LogP contribution in [0.2, 0.25) is 0 Å². The summed E-state index contributed by atoms with van der Waals surface area (Å²) in [6.07, 6.45) is 1.60. The zero-order valence-corrected chi connectivity index (χ0v) is 16.3.